The fraction of sp³-hybridized carbons (Fsp3) is 0.176. The summed E-state index contributed by atoms with van der Waals surface area (Å²) in [7, 11) is 0. The van der Waals surface area contributed by atoms with Crippen LogP contribution in [0, 0.1) is 13.8 Å². The molecule has 110 valence electrons. The third-order valence-electron chi connectivity index (χ3n) is 4.03. The topological polar surface area (TPSA) is 63.8 Å². The van der Waals surface area contributed by atoms with Gasteiger partial charge in [-0.15, -0.1) is 0 Å². The van der Waals surface area contributed by atoms with Gasteiger partial charge in [0.2, 0.25) is 0 Å². The van der Waals surface area contributed by atoms with Crippen LogP contribution in [0.3, 0.4) is 0 Å². The molecule has 0 aliphatic carbocycles. The zero-order valence-corrected chi connectivity index (χ0v) is 12.4. The van der Waals surface area contributed by atoms with Crippen molar-refractivity contribution in [2.45, 2.75) is 20.4 Å². The highest BCUT2D eigenvalue weighted by molar-refractivity contribution is 5.77. The standard InChI is InChI=1S/C17H15N3O2/c1-10-7-12-13(8-11(10)2)19-16(18-12)9-20-14-5-3-4-6-15(14)22-17(20)21/h3-8H,9H2,1-2H3,(H,18,19). The summed E-state index contributed by atoms with van der Waals surface area (Å²) in [5, 5.41) is 0. The van der Waals surface area contributed by atoms with E-state index >= 15 is 0 Å². The molecule has 0 saturated heterocycles. The maximum Gasteiger partial charge on any atom is 0.420 e. The third-order valence-corrected chi connectivity index (χ3v) is 4.03. The summed E-state index contributed by atoms with van der Waals surface area (Å²) in [5.41, 5.74) is 5.69. The van der Waals surface area contributed by atoms with E-state index in [9.17, 15) is 4.79 Å². The minimum Gasteiger partial charge on any atom is -0.408 e. The number of aromatic nitrogens is 3. The van der Waals surface area contributed by atoms with Gasteiger partial charge in [-0.05, 0) is 49.2 Å². The average Bonchev–Trinajstić information content (AvgIpc) is 3.01. The fourth-order valence-corrected chi connectivity index (χ4v) is 2.71. The van der Waals surface area contributed by atoms with Crippen LogP contribution in [0.1, 0.15) is 17.0 Å². The van der Waals surface area contributed by atoms with Crippen molar-refractivity contribution in [3.63, 3.8) is 0 Å². The Hall–Kier alpha value is -2.82. The molecular weight excluding hydrogens is 278 g/mol. The van der Waals surface area contributed by atoms with E-state index in [4.69, 9.17) is 4.42 Å². The van der Waals surface area contributed by atoms with E-state index in [0.29, 0.717) is 12.1 Å². The molecule has 0 bridgehead atoms. The van der Waals surface area contributed by atoms with Crippen LogP contribution in [0.15, 0.2) is 45.6 Å². The predicted molar refractivity (Wildman–Crippen MR) is 85.1 cm³/mol. The Morgan fingerprint density at radius 1 is 1.18 bits per heavy atom. The molecule has 0 amide bonds. The summed E-state index contributed by atoms with van der Waals surface area (Å²) in [6.07, 6.45) is 0. The number of rotatable bonds is 2. The van der Waals surface area contributed by atoms with Crippen molar-refractivity contribution in [1.82, 2.24) is 14.5 Å². The number of imidazole rings is 1. The van der Waals surface area contributed by atoms with Crippen LogP contribution in [-0.4, -0.2) is 14.5 Å². The third kappa shape index (κ3) is 1.94. The van der Waals surface area contributed by atoms with Crippen molar-refractivity contribution >= 4 is 22.1 Å². The number of hydrogen-bond donors (Lipinski definition) is 1. The lowest BCUT2D eigenvalue weighted by atomic mass is 10.1. The van der Waals surface area contributed by atoms with Gasteiger partial charge in [0.15, 0.2) is 5.58 Å². The maximum atomic E-state index is 12.0. The Labute approximate surface area is 126 Å². The van der Waals surface area contributed by atoms with Gasteiger partial charge in [0.05, 0.1) is 23.1 Å². The van der Waals surface area contributed by atoms with Crippen molar-refractivity contribution in [1.29, 1.82) is 0 Å². The van der Waals surface area contributed by atoms with E-state index in [1.165, 1.54) is 11.1 Å². The Balaban J connectivity index is 1.82. The molecule has 0 atom stereocenters. The molecule has 0 saturated carbocycles. The smallest absolute Gasteiger partial charge is 0.408 e. The Morgan fingerprint density at radius 3 is 2.82 bits per heavy atom. The van der Waals surface area contributed by atoms with Crippen LogP contribution >= 0.6 is 0 Å². The lowest BCUT2D eigenvalue weighted by Gasteiger charge is -1.98. The highest BCUT2D eigenvalue weighted by atomic mass is 16.4. The molecule has 0 radical (unpaired) electrons. The zero-order valence-electron chi connectivity index (χ0n) is 12.4. The molecule has 2 heterocycles. The molecule has 0 spiro atoms. The number of H-pyrrole nitrogens is 1. The van der Waals surface area contributed by atoms with Crippen molar-refractivity contribution in [2.75, 3.05) is 0 Å². The van der Waals surface area contributed by atoms with E-state index < -0.39 is 0 Å². The Kier molecular flexibility index (Phi) is 2.69. The lowest BCUT2D eigenvalue weighted by molar-refractivity contribution is 0.514. The first-order valence-electron chi connectivity index (χ1n) is 7.16. The van der Waals surface area contributed by atoms with E-state index in [1.54, 1.807) is 10.6 Å². The Morgan fingerprint density at radius 2 is 1.95 bits per heavy atom. The molecular formula is C17H15N3O2. The molecule has 1 N–H and O–H groups in total. The van der Waals surface area contributed by atoms with Gasteiger partial charge in [0.25, 0.3) is 0 Å². The largest absolute Gasteiger partial charge is 0.420 e. The van der Waals surface area contributed by atoms with Crippen molar-refractivity contribution in [3.8, 4) is 0 Å². The van der Waals surface area contributed by atoms with Gasteiger partial charge in [-0.25, -0.2) is 9.78 Å². The minimum absolute atomic E-state index is 0.364. The first-order chi connectivity index (χ1) is 10.6. The molecule has 0 aliphatic rings. The van der Waals surface area contributed by atoms with Crippen LogP contribution in [0.4, 0.5) is 0 Å². The normalized spacial score (nSPS) is 11.5. The quantitative estimate of drug-likeness (QED) is 0.617. The van der Waals surface area contributed by atoms with Crippen molar-refractivity contribution in [3.05, 3.63) is 63.9 Å². The minimum atomic E-state index is -0.367. The fourth-order valence-electron chi connectivity index (χ4n) is 2.71. The second kappa shape index (κ2) is 4.59. The number of para-hydroxylation sites is 2. The number of oxazole rings is 1. The van der Waals surface area contributed by atoms with E-state index in [2.05, 4.69) is 35.9 Å². The molecule has 2 aromatic carbocycles. The van der Waals surface area contributed by atoms with Gasteiger partial charge >= 0.3 is 5.76 Å². The number of hydrogen-bond acceptors (Lipinski definition) is 3. The van der Waals surface area contributed by atoms with Gasteiger partial charge in [0, 0.05) is 0 Å². The van der Waals surface area contributed by atoms with Crippen LogP contribution in [0.5, 0.6) is 0 Å². The number of nitrogens with one attached hydrogen (secondary N) is 1. The second-order valence-corrected chi connectivity index (χ2v) is 5.56. The zero-order chi connectivity index (χ0) is 15.3. The van der Waals surface area contributed by atoms with Gasteiger partial charge in [0.1, 0.15) is 5.82 Å². The number of nitrogens with zero attached hydrogens (tertiary/aromatic N) is 2. The molecule has 0 aliphatic heterocycles. The highest BCUT2D eigenvalue weighted by Gasteiger charge is 2.11. The highest BCUT2D eigenvalue weighted by Crippen LogP contribution is 2.18. The lowest BCUT2D eigenvalue weighted by Crippen LogP contribution is -2.15. The predicted octanol–water partition coefficient (Wildman–Crippen LogP) is 3.14. The first kappa shape index (κ1) is 12.9. The van der Waals surface area contributed by atoms with Gasteiger partial charge in [-0.2, -0.15) is 0 Å². The summed E-state index contributed by atoms with van der Waals surface area (Å²) in [4.78, 5) is 19.9. The summed E-state index contributed by atoms with van der Waals surface area (Å²) < 4.78 is 6.84. The van der Waals surface area contributed by atoms with Gasteiger partial charge in [-0.3, -0.25) is 4.57 Å². The van der Waals surface area contributed by atoms with E-state index in [1.807, 2.05) is 18.2 Å². The second-order valence-electron chi connectivity index (χ2n) is 5.56. The van der Waals surface area contributed by atoms with E-state index in [0.717, 1.165) is 22.4 Å². The number of aromatic amines is 1. The van der Waals surface area contributed by atoms with Crippen molar-refractivity contribution < 1.29 is 4.42 Å². The van der Waals surface area contributed by atoms with Crippen molar-refractivity contribution in [2.24, 2.45) is 0 Å². The summed E-state index contributed by atoms with van der Waals surface area (Å²) >= 11 is 0. The molecule has 2 aromatic heterocycles. The van der Waals surface area contributed by atoms with Crippen LogP contribution in [0.2, 0.25) is 0 Å². The van der Waals surface area contributed by atoms with Gasteiger partial charge in [-0.1, -0.05) is 12.1 Å². The molecule has 5 nitrogen and oxygen atoms in total. The van der Waals surface area contributed by atoms with E-state index in [-0.39, 0.29) is 5.76 Å². The number of fused-ring (bicyclic) bond motifs is 2. The summed E-state index contributed by atoms with van der Waals surface area (Å²) in [6.45, 7) is 4.50. The van der Waals surface area contributed by atoms with Crippen LogP contribution in [-0.2, 0) is 6.54 Å². The number of benzene rings is 2. The average molecular weight is 293 g/mol. The molecule has 0 fully saturated rings. The SMILES string of the molecule is Cc1cc2nc(Cn3c(=O)oc4ccccc43)[nH]c2cc1C. The molecule has 22 heavy (non-hydrogen) atoms. The van der Waals surface area contributed by atoms with Gasteiger partial charge < -0.3 is 9.40 Å². The maximum absolute atomic E-state index is 12.0. The molecule has 4 rings (SSSR count). The monoisotopic (exact) mass is 293 g/mol. The summed E-state index contributed by atoms with van der Waals surface area (Å²) in [6, 6.07) is 11.5. The first-order valence-corrected chi connectivity index (χ1v) is 7.16. The molecule has 5 heteroatoms. The number of aryl methyl sites for hydroxylation is 2. The van der Waals surface area contributed by atoms with Crippen LogP contribution < -0.4 is 5.76 Å². The summed E-state index contributed by atoms with van der Waals surface area (Å²) in [5.74, 6) is 0.377. The van der Waals surface area contributed by atoms with Crippen LogP contribution in [0.25, 0.3) is 22.1 Å². The molecule has 0 unspecified atom stereocenters. The Bertz CT molecular complexity index is 1010. The molecule has 4 aromatic rings.